The third kappa shape index (κ3) is 1.97. The van der Waals surface area contributed by atoms with E-state index in [2.05, 4.69) is 21.2 Å². The summed E-state index contributed by atoms with van der Waals surface area (Å²) in [6.45, 7) is 6.55. The van der Waals surface area contributed by atoms with Crippen LogP contribution in [0.1, 0.15) is 25.7 Å². The first-order valence-electron chi connectivity index (χ1n) is 6.95. The molecule has 0 spiro atoms. The zero-order valence-corrected chi connectivity index (χ0v) is 10.5. The second kappa shape index (κ2) is 4.56. The minimum absolute atomic E-state index is 0.159. The van der Waals surface area contributed by atoms with Gasteiger partial charge in [-0.2, -0.15) is 5.26 Å². The molecule has 94 valence electrons. The average Bonchev–Trinajstić information content (AvgIpc) is 2.86. The summed E-state index contributed by atoms with van der Waals surface area (Å²) in [6, 6.07) is 3.35. The summed E-state index contributed by atoms with van der Waals surface area (Å²) in [7, 11) is 0. The number of hydrogen-bond donors (Lipinski definition) is 1. The van der Waals surface area contributed by atoms with Crippen molar-refractivity contribution in [3.05, 3.63) is 0 Å². The number of hydrogen-bond acceptors (Lipinski definition) is 4. The molecule has 0 aromatic heterocycles. The SMILES string of the molecule is N#CC1(N2CCNCC2)CCN2CCCC2C1. The second-order valence-corrected chi connectivity index (χ2v) is 5.67. The van der Waals surface area contributed by atoms with Gasteiger partial charge in [0, 0.05) is 38.8 Å². The van der Waals surface area contributed by atoms with E-state index in [4.69, 9.17) is 0 Å². The maximum atomic E-state index is 9.68. The lowest BCUT2D eigenvalue weighted by molar-refractivity contribution is 0.0348. The van der Waals surface area contributed by atoms with Crippen LogP contribution in [-0.2, 0) is 0 Å². The summed E-state index contributed by atoms with van der Waals surface area (Å²) in [4.78, 5) is 5.04. The smallest absolute Gasteiger partial charge is 0.112 e. The van der Waals surface area contributed by atoms with Gasteiger partial charge in [0.2, 0.25) is 0 Å². The molecule has 0 aromatic carbocycles. The van der Waals surface area contributed by atoms with Gasteiger partial charge < -0.3 is 10.2 Å². The van der Waals surface area contributed by atoms with Crippen molar-refractivity contribution in [1.29, 1.82) is 5.26 Å². The predicted molar refractivity (Wildman–Crippen MR) is 66.6 cm³/mol. The standard InChI is InChI=1S/C13H22N4/c14-11-13(17-8-4-15-5-9-17)3-7-16-6-1-2-12(16)10-13/h12,15H,1-10H2. The van der Waals surface area contributed by atoms with E-state index in [9.17, 15) is 5.26 Å². The number of nitrogens with zero attached hydrogens (tertiary/aromatic N) is 3. The molecule has 1 N–H and O–H groups in total. The molecule has 0 aromatic rings. The minimum Gasteiger partial charge on any atom is -0.314 e. The lowest BCUT2D eigenvalue weighted by Gasteiger charge is -2.47. The predicted octanol–water partition coefficient (Wildman–Crippen LogP) is 0.412. The van der Waals surface area contributed by atoms with Crippen molar-refractivity contribution in [2.24, 2.45) is 0 Å². The highest BCUT2D eigenvalue weighted by Gasteiger charge is 2.45. The summed E-state index contributed by atoms with van der Waals surface area (Å²) in [6.07, 6.45) is 4.74. The van der Waals surface area contributed by atoms with Crippen LogP contribution in [0.5, 0.6) is 0 Å². The fourth-order valence-electron chi connectivity index (χ4n) is 3.79. The van der Waals surface area contributed by atoms with E-state index in [-0.39, 0.29) is 5.54 Å². The van der Waals surface area contributed by atoms with Crippen LogP contribution in [0.15, 0.2) is 0 Å². The summed E-state index contributed by atoms with van der Waals surface area (Å²) >= 11 is 0. The first-order chi connectivity index (χ1) is 8.34. The molecule has 3 rings (SSSR count). The molecule has 0 aliphatic carbocycles. The minimum atomic E-state index is -0.159. The lowest BCUT2D eigenvalue weighted by Crippen LogP contribution is -2.60. The fourth-order valence-corrected chi connectivity index (χ4v) is 3.79. The summed E-state index contributed by atoms with van der Waals surface area (Å²) in [5.74, 6) is 0. The Morgan fingerprint density at radius 2 is 2.00 bits per heavy atom. The van der Waals surface area contributed by atoms with Crippen LogP contribution in [0, 0.1) is 11.3 Å². The fraction of sp³-hybridized carbons (Fsp3) is 0.923. The Labute approximate surface area is 104 Å². The Bertz CT molecular complexity index is 318. The van der Waals surface area contributed by atoms with E-state index in [0.29, 0.717) is 6.04 Å². The van der Waals surface area contributed by atoms with Crippen LogP contribution in [0.3, 0.4) is 0 Å². The molecule has 3 aliphatic heterocycles. The molecule has 3 fully saturated rings. The monoisotopic (exact) mass is 234 g/mol. The zero-order chi connectivity index (χ0) is 11.7. The van der Waals surface area contributed by atoms with Crippen molar-refractivity contribution < 1.29 is 0 Å². The van der Waals surface area contributed by atoms with Crippen molar-refractivity contribution in [1.82, 2.24) is 15.1 Å². The molecule has 2 unspecified atom stereocenters. The molecule has 4 heteroatoms. The molecule has 0 saturated carbocycles. The maximum Gasteiger partial charge on any atom is 0.112 e. The first kappa shape index (κ1) is 11.5. The van der Waals surface area contributed by atoms with Crippen LogP contribution in [0.4, 0.5) is 0 Å². The highest BCUT2D eigenvalue weighted by Crippen LogP contribution is 2.36. The van der Waals surface area contributed by atoms with Gasteiger partial charge in [-0.25, -0.2) is 0 Å². The zero-order valence-electron chi connectivity index (χ0n) is 10.5. The van der Waals surface area contributed by atoms with Crippen molar-refractivity contribution in [3.63, 3.8) is 0 Å². The molecule has 17 heavy (non-hydrogen) atoms. The molecule has 2 atom stereocenters. The molecule has 3 saturated heterocycles. The number of fused-ring (bicyclic) bond motifs is 1. The quantitative estimate of drug-likeness (QED) is 0.714. The summed E-state index contributed by atoms with van der Waals surface area (Å²) in [5, 5.41) is 13.1. The van der Waals surface area contributed by atoms with Crippen LogP contribution < -0.4 is 5.32 Å². The van der Waals surface area contributed by atoms with Crippen molar-refractivity contribution >= 4 is 0 Å². The van der Waals surface area contributed by atoms with Gasteiger partial charge in [-0.3, -0.25) is 4.90 Å². The molecule has 0 radical (unpaired) electrons. The third-order valence-electron chi connectivity index (χ3n) is 4.82. The highest BCUT2D eigenvalue weighted by atomic mass is 15.3. The Morgan fingerprint density at radius 3 is 2.76 bits per heavy atom. The molecule has 3 heterocycles. The van der Waals surface area contributed by atoms with Gasteiger partial charge in [0.25, 0.3) is 0 Å². The van der Waals surface area contributed by atoms with E-state index in [0.717, 1.165) is 45.6 Å². The van der Waals surface area contributed by atoms with Crippen molar-refractivity contribution in [3.8, 4) is 6.07 Å². The normalized spacial score (nSPS) is 39.8. The summed E-state index contributed by atoms with van der Waals surface area (Å²) in [5.41, 5.74) is -0.159. The van der Waals surface area contributed by atoms with Crippen molar-refractivity contribution in [2.75, 3.05) is 39.3 Å². The second-order valence-electron chi connectivity index (χ2n) is 5.67. The Balaban J connectivity index is 1.75. The van der Waals surface area contributed by atoms with E-state index in [1.807, 2.05) is 0 Å². The number of nitrogens with one attached hydrogen (secondary N) is 1. The first-order valence-corrected chi connectivity index (χ1v) is 6.95. The van der Waals surface area contributed by atoms with Gasteiger partial charge in [-0.05, 0) is 32.2 Å². The van der Waals surface area contributed by atoms with Crippen molar-refractivity contribution in [2.45, 2.75) is 37.3 Å². The number of rotatable bonds is 1. The van der Waals surface area contributed by atoms with Gasteiger partial charge >= 0.3 is 0 Å². The molecule has 0 amide bonds. The van der Waals surface area contributed by atoms with Gasteiger partial charge in [0.15, 0.2) is 0 Å². The van der Waals surface area contributed by atoms with Gasteiger partial charge in [-0.15, -0.1) is 0 Å². The molecule has 3 aliphatic rings. The summed E-state index contributed by atoms with van der Waals surface area (Å²) < 4.78 is 0. The Kier molecular flexibility index (Phi) is 3.08. The van der Waals surface area contributed by atoms with Crippen LogP contribution in [-0.4, -0.2) is 60.6 Å². The van der Waals surface area contributed by atoms with Gasteiger partial charge in [0.05, 0.1) is 6.07 Å². The van der Waals surface area contributed by atoms with E-state index in [1.54, 1.807) is 0 Å². The molecule has 4 nitrogen and oxygen atoms in total. The topological polar surface area (TPSA) is 42.3 Å². The van der Waals surface area contributed by atoms with Crippen LogP contribution in [0.25, 0.3) is 0 Å². The van der Waals surface area contributed by atoms with Crippen LogP contribution >= 0.6 is 0 Å². The van der Waals surface area contributed by atoms with E-state index >= 15 is 0 Å². The Hall–Kier alpha value is -0.630. The van der Waals surface area contributed by atoms with E-state index in [1.165, 1.54) is 19.4 Å². The van der Waals surface area contributed by atoms with E-state index < -0.39 is 0 Å². The number of nitriles is 1. The van der Waals surface area contributed by atoms with Gasteiger partial charge in [-0.1, -0.05) is 0 Å². The Morgan fingerprint density at radius 1 is 1.18 bits per heavy atom. The van der Waals surface area contributed by atoms with Crippen LogP contribution in [0.2, 0.25) is 0 Å². The average molecular weight is 234 g/mol. The molecule has 0 bridgehead atoms. The molecular weight excluding hydrogens is 212 g/mol. The number of piperazine rings is 1. The largest absolute Gasteiger partial charge is 0.314 e. The number of piperidine rings is 1. The lowest BCUT2D eigenvalue weighted by atomic mass is 9.82. The maximum absolute atomic E-state index is 9.68. The highest BCUT2D eigenvalue weighted by molar-refractivity contribution is 5.14. The molecular formula is C13H22N4. The third-order valence-corrected chi connectivity index (χ3v) is 4.82. The van der Waals surface area contributed by atoms with Gasteiger partial charge in [0.1, 0.15) is 5.54 Å².